The van der Waals surface area contributed by atoms with E-state index in [0.717, 1.165) is 29.5 Å². The summed E-state index contributed by atoms with van der Waals surface area (Å²) in [6, 6.07) is 5.74. The zero-order chi connectivity index (χ0) is 11.2. The van der Waals surface area contributed by atoms with Crippen molar-refractivity contribution in [2.75, 3.05) is 23.7 Å². The number of benzene rings is 1. The van der Waals surface area contributed by atoms with E-state index in [0.29, 0.717) is 5.41 Å². The van der Waals surface area contributed by atoms with Crippen molar-refractivity contribution in [3.63, 3.8) is 0 Å². The summed E-state index contributed by atoms with van der Waals surface area (Å²) >= 11 is 6.01. The van der Waals surface area contributed by atoms with E-state index in [2.05, 4.69) is 4.90 Å². The van der Waals surface area contributed by atoms with Gasteiger partial charge in [-0.05, 0) is 31.0 Å². The summed E-state index contributed by atoms with van der Waals surface area (Å²) in [7, 11) is 0. The van der Waals surface area contributed by atoms with Gasteiger partial charge < -0.3 is 10.6 Å². The third-order valence-corrected chi connectivity index (χ3v) is 4.29. The topological polar surface area (TPSA) is 29.3 Å². The van der Waals surface area contributed by atoms with E-state index >= 15 is 0 Å². The highest BCUT2D eigenvalue weighted by Gasteiger charge is 2.45. The summed E-state index contributed by atoms with van der Waals surface area (Å²) in [5, 5.41) is 0.775. The predicted molar refractivity (Wildman–Crippen MR) is 69.0 cm³/mol. The first-order valence-electron chi connectivity index (χ1n) is 5.99. The second-order valence-corrected chi connectivity index (χ2v) is 5.70. The van der Waals surface area contributed by atoms with Gasteiger partial charge in [-0.3, -0.25) is 0 Å². The summed E-state index contributed by atoms with van der Waals surface area (Å²) < 4.78 is 0. The van der Waals surface area contributed by atoms with Gasteiger partial charge in [-0.1, -0.05) is 24.4 Å². The Kier molecular flexibility index (Phi) is 2.28. The number of rotatable bonds is 1. The highest BCUT2D eigenvalue weighted by molar-refractivity contribution is 6.31. The maximum Gasteiger partial charge on any atom is 0.0615 e. The Labute approximate surface area is 101 Å². The summed E-state index contributed by atoms with van der Waals surface area (Å²) in [5.74, 6) is 0. The van der Waals surface area contributed by atoms with Crippen molar-refractivity contribution in [2.24, 2.45) is 5.41 Å². The van der Waals surface area contributed by atoms with Crippen LogP contribution in [0.3, 0.4) is 0 Å². The molecule has 1 aromatic carbocycles. The molecule has 2 aliphatic rings. The first-order chi connectivity index (χ1) is 7.69. The molecule has 86 valence electrons. The van der Waals surface area contributed by atoms with Crippen LogP contribution in [-0.2, 0) is 0 Å². The molecule has 16 heavy (non-hydrogen) atoms. The Morgan fingerprint density at radius 2 is 1.88 bits per heavy atom. The minimum absolute atomic E-state index is 0.606. The van der Waals surface area contributed by atoms with Gasteiger partial charge in [0.2, 0.25) is 0 Å². The van der Waals surface area contributed by atoms with Crippen LogP contribution in [0.5, 0.6) is 0 Å². The minimum atomic E-state index is 0.606. The van der Waals surface area contributed by atoms with Crippen LogP contribution in [-0.4, -0.2) is 13.1 Å². The molecule has 1 saturated carbocycles. The Morgan fingerprint density at radius 3 is 2.56 bits per heavy atom. The highest BCUT2D eigenvalue weighted by atomic mass is 35.5. The largest absolute Gasteiger partial charge is 0.397 e. The summed E-state index contributed by atoms with van der Waals surface area (Å²) in [6.45, 7) is 2.33. The predicted octanol–water partition coefficient (Wildman–Crippen LogP) is 3.30. The molecule has 0 aromatic heterocycles. The van der Waals surface area contributed by atoms with Gasteiger partial charge in [0, 0.05) is 23.5 Å². The molecule has 3 rings (SSSR count). The molecule has 0 unspecified atom stereocenters. The average molecular weight is 237 g/mol. The van der Waals surface area contributed by atoms with E-state index in [9.17, 15) is 0 Å². The van der Waals surface area contributed by atoms with Gasteiger partial charge in [0.15, 0.2) is 0 Å². The van der Waals surface area contributed by atoms with Crippen LogP contribution in [0.25, 0.3) is 0 Å². The summed E-state index contributed by atoms with van der Waals surface area (Å²) in [4.78, 5) is 2.37. The zero-order valence-corrected chi connectivity index (χ0v) is 10.1. The molecule has 0 bridgehead atoms. The Balaban J connectivity index is 1.78. The minimum Gasteiger partial charge on any atom is -0.397 e. The molecular weight excluding hydrogens is 220 g/mol. The molecule has 3 heteroatoms. The lowest BCUT2D eigenvalue weighted by molar-refractivity contribution is 0.222. The molecule has 2 N–H and O–H groups in total. The van der Waals surface area contributed by atoms with Crippen molar-refractivity contribution < 1.29 is 0 Å². The molecule has 0 amide bonds. The van der Waals surface area contributed by atoms with Crippen LogP contribution in [0, 0.1) is 5.41 Å². The second kappa shape index (κ2) is 3.56. The Hall–Kier alpha value is -0.890. The van der Waals surface area contributed by atoms with Crippen molar-refractivity contribution in [3.8, 4) is 0 Å². The Bertz CT molecular complexity index is 402. The van der Waals surface area contributed by atoms with Gasteiger partial charge >= 0.3 is 0 Å². The lowest BCUT2D eigenvalue weighted by Gasteiger charge is -2.50. The molecule has 1 spiro atoms. The molecule has 1 aliphatic carbocycles. The molecule has 0 atom stereocenters. The van der Waals surface area contributed by atoms with Crippen LogP contribution in [0.2, 0.25) is 5.02 Å². The normalized spacial score (nSPS) is 22.4. The van der Waals surface area contributed by atoms with Crippen molar-refractivity contribution in [1.29, 1.82) is 0 Å². The monoisotopic (exact) mass is 236 g/mol. The van der Waals surface area contributed by atoms with E-state index in [1.165, 1.54) is 25.7 Å². The first-order valence-corrected chi connectivity index (χ1v) is 6.36. The molecule has 0 radical (unpaired) electrons. The van der Waals surface area contributed by atoms with Crippen LogP contribution in [0.1, 0.15) is 25.7 Å². The number of nitrogens with two attached hydrogens (primary N) is 1. The summed E-state index contributed by atoms with van der Waals surface area (Å²) in [5.41, 5.74) is 8.55. The molecule has 1 aromatic rings. The number of anilines is 2. The van der Waals surface area contributed by atoms with E-state index in [4.69, 9.17) is 17.3 Å². The SMILES string of the molecule is Nc1ccc(Cl)cc1N1CC2(CCCC2)C1. The second-order valence-electron chi connectivity index (χ2n) is 5.27. The van der Waals surface area contributed by atoms with E-state index in [1.807, 2.05) is 18.2 Å². The molecule has 1 heterocycles. The number of halogens is 1. The third kappa shape index (κ3) is 1.56. The van der Waals surface area contributed by atoms with Gasteiger partial charge in [-0.15, -0.1) is 0 Å². The number of nitrogen functional groups attached to an aromatic ring is 1. The van der Waals surface area contributed by atoms with Crippen molar-refractivity contribution in [1.82, 2.24) is 0 Å². The van der Waals surface area contributed by atoms with Gasteiger partial charge in [0.25, 0.3) is 0 Å². The van der Waals surface area contributed by atoms with Gasteiger partial charge in [-0.25, -0.2) is 0 Å². The third-order valence-electron chi connectivity index (χ3n) is 4.05. The zero-order valence-electron chi connectivity index (χ0n) is 9.38. The lowest BCUT2D eigenvalue weighted by atomic mass is 9.78. The van der Waals surface area contributed by atoms with Crippen molar-refractivity contribution in [2.45, 2.75) is 25.7 Å². The highest BCUT2D eigenvalue weighted by Crippen LogP contribution is 2.48. The maximum atomic E-state index is 6.01. The summed E-state index contributed by atoms with van der Waals surface area (Å²) in [6.07, 6.45) is 5.59. The van der Waals surface area contributed by atoms with Gasteiger partial charge in [0.1, 0.15) is 0 Å². The number of hydrogen-bond donors (Lipinski definition) is 1. The smallest absolute Gasteiger partial charge is 0.0615 e. The van der Waals surface area contributed by atoms with Crippen LogP contribution >= 0.6 is 11.6 Å². The molecule has 1 aliphatic heterocycles. The van der Waals surface area contributed by atoms with E-state index < -0.39 is 0 Å². The standard InChI is InChI=1S/C13H17ClN2/c14-10-3-4-11(15)12(7-10)16-8-13(9-16)5-1-2-6-13/h3-4,7H,1-2,5-6,8-9,15H2. The molecule has 2 nitrogen and oxygen atoms in total. The molecule has 1 saturated heterocycles. The van der Waals surface area contributed by atoms with Crippen molar-refractivity contribution >= 4 is 23.0 Å². The van der Waals surface area contributed by atoms with Crippen LogP contribution in [0.4, 0.5) is 11.4 Å². The fourth-order valence-electron chi connectivity index (χ4n) is 3.17. The van der Waals surface area contributed by atoms with Crippen molar-refractivity contribution in [3.05, 3.63) is 23.2 Å². The van der Waals surface area contributed by atoms with Crippen LogP contribution < -0.4 is 10.6 Å². The fraction of sp³-hybridized carbons (Fsp3) is 0.538. The average Bonchev–Trinajstić information content (AvgIpc) is 2.68. The number of hydrogen-bond acceptors (Lipinski definition) is 2. The van der Waals surface area contributed by atoms with Gasteiger partial charge in [-0.2, -0.15) is 0 Å². The quantitative estimate of drug-likeness (QED) is 0.759. The van der Waals surface area contributed by atoms with Gasteiger partial charge in [0.05, 0.1) is 11.4 Å². The maximum absolute atomic E-state index is 6.01. The lowest BCUT2D eigenvalue weighted by Crippen LogP contribution is -2.55. The molecule has 2 fully saturated rings. The van der Waals surface area contributed by atoms with E-state index in [1.54, 1.807) is 0 Å². The van der Waals surface area contributed by atoms with Crippen LogP contribution in [0.15, 0.2) is 18.2 Å². The number of nitrogens with zero attached hydrogens (tertiary/aromatic N) is 1. The molecular formula is C13H17ClN2. The fourth-order valence-corrected chi connectivity index (χ4v) is 3.33. The van der Waals surface area contributed by atoms with E-state index in [-0.39, 0.29) is 0 Å². The first kappa shape index (κ1) is 10.3. The Morgan fingerprint density at radius 1 is 1.19 bits per heavy atom.